The smallest absolute Gasteiger partial charge is 0.203 e. The Hall–Kier alpha value is -2.76. The number of hydrogen-bond acceptors (Lipinski definition) is 5. The summed E-state index contributed by atoms with van der Waals surface area (Å²) in [7, 11) is 4.75. The van der Waals surface area contributed by atoms with Gasteiger partial charge in [-0.05, 0) is 35.4 Å². The van der Waals surface area contributed by atoms with Crippen LogP contribution < -0.4 is 19.6 Å². The molecule has 0 amide bonds. The number of nitrogens with one attached hydrogen (secondary N) is 1. The molecule has 5 nitrogen and oxygen atoms in total. The fourth-order valence-corrected chi connectivity index (χ4v) is 2.76. The van der Waals surface area contributed by atoms with E-state index in [9.17, 15) is 4.39 Å². The standard InChI is InChI=1S/C18H19FN2O3/c1-22-16-8-12(9-17(23-2)18(16)24-3)15-10-14(20-21-15)11-4-6-13(19)7-5-11/h4-9,15,21H,10H2,1-3H3. The number of hydrazone groups is 1. The van der Waals surface area contributed by atoms with Gasteiger partial charge in [0.25, 0.3) is 0 Å². The highest BCUT2D eigenvalue weighted by Gasteiger charge is 2.24. The minimum atomic E-state index is -0.258. The highest BCUT2D eigenvalue weighted by atomic mass is 19.1. The Balaban J connectivity index is 1.85. The van der Waals surface area contributed by atoms with E-state index in [-0.39, 0.29) is 11.9 Å². The second kappa shape index (κ2) is 6.78. The number of methoxy groups -OCH3 is 3. The fraction of sp³-hybridized carbons (Fsp3) is 0.278. The number of ether oxygens (including phenoxy) is 3. The molecule has 2 aromatic rings. The molecule has 1 unspecified atom stereocenters. The van der Waals surface area contributed by atoms with Gasteiger partial charge in [-0.15, -0.1) is 0 Å². The molecule has 0 saturated heterocycles. The van der Waals surface area contributed by atoms with E-state index in [1.807, 2.05) is 12.1 Å². The molecule has 1 N–H and O–H groups in total. The van der Waals surface area contributed by atoms with E-state index in [0.29, 0.717) is 23.7 Å². The van der Waals surface area contributed by atoms with Crippen molar-refractivity contribution in [3.63, 3.8) is 0 Å². The minimum absolute atomic E-state index is 0.0150. The van der Waals surface area contributed by atoms with Crippen molar-refractivity contribution >= 4 is 5.71 Å². The lowest BCUT2D eigenvalue weighted by atomic mass is 9.98. The maximum Gasteiger partial charge on any atom is 0.203 e. The molecule has 0 radical (unpaired) electrons. The van der Waals surface area contributed by atoms with Crippen LogP contribution in [0.15, 0.2) is 41.5 Å². The molecule has 126 valence electrons. The monoisotopic (exact) mass is 330 g/mol. The minimum Gasteiger partial charge on any atom is -0.493 e. The summed E-state index contributed by atoms with van der Waals surface area (Å²) in [6.45, 7) is 0. The van der Waals surface area contributed by atoms with Crippen LogP contribution in [0, 0.1) is 5.82 Å². The maximum atomic E-state index is 13.1. The van der Waals surface area contributed by atoms with Crippen LogP contribution in [0.5, 0.6) is 17.2 Å². The lowest BCUT2D eigenvalue weighted by Gasteiger charge is -2.17. The summed E-state index contributed by atoms with van der Waals surface area (Å²) in [5.74, 6) is 1.50. The fourth-order valence-electron chi connectivity index (χ4n) is 2.76. The van der Waals surface area contributed by atoms with Crippen molar-refractivity contribution in [3.05, 3.63) is 53.3 Å². The molecule has 0 spiro atoms. The van der Waals surface area contributed by atoms with Gasteiger partial charge in [-0.2, -0.15) is 5.10 Å². The zero-order valence-corrected chi connectivity index (χ0v) is 13.8. The number of benzene rings is 2. The molecule has 1 atom stereocenters. The first kappa shape index (κ1) is 16.1. The molecular formula is C18H19FN2O3. The average Bonchev–Trinajstić information content (AvgIpc) is 3.11. The van der Waals surface area contributed by atoms with Crippen molar-refractivity contribution in [3.8, 4) is 17.2 Å². The summed E-state index contributed by atoms with van der Waals surface area (Å²) >= 11 is 0. The van der Waals surface area contributed by atoms with Crippen LogP contribution >= 0.6 is 0 Å². The van der Waals surface area contributed by atoms with Gasteiger partial charge in [0.05, 0.1) is 33.1 Å². The molecule has 24 heavy (non-hydrogen) atoms. The number of hydrogen-bond donors (Lipinski definition) is 1. The Bertz CT molecular complexity index is 734. The summed E-state index contributed by atoms with van der Waals surface area (Å²) in [5.41, 5.74) is 5.88. The van der Waals surface area contributed by atoms with Crippen LogP contribution in [0.3, 0.4) is 0 Å². The van der Waals surface area contributed by atoms with E-state index in [4.69, 9.17) is 14.2 Å². The SMILES string of the molecule is COc1cc(C2CC(c3ccc(F)cc3)=NN2)cc(OC)c1OC. The van der Waals surface area contributed by atoms with Crippen molar-refractivity contribution in [2.45, 2.75) is 12.5 Å². The van der Waals surface area contributed by atoms with Crippen LogP contribution in [0.1, 0.15) is 23.6 Å². The Morgan fingerprint density at radius 3 is 2.17 bits per heavy atom. The van der Waals surface area contributed by atoms with E-state index in [0.717, 1.165) is 16.8 Å². The second-order valence-corrected chi connectivity index (χ2v) is 5.41. The van der Waals surface area contributed by atoms with Gasteiger partial charge in [0.15, 0.2) is 11.5 Å². The predicted octanol–water partition coefficient (Wildman–Crippen LogP) is 3.29. The van der Waals surface area contributed by atoms with Gasteiger partial charge in [-0.1, -0.05) is 12.1 Å². The predicted molar refractivity (Wildman–Crippen MR) is 89.5 cm³/mol. The van der Waals surface area contributed by atoms with Gasteiger partial charge in [-0.3, -0.25) is 0 Å². The van der Waals surface area contributed by atoms with Crippen molar-refractivity contribution in [2.75, 3.05) is 21.3 Å². The van der Waals surface area contributed by atoms with Gasteiger partial charge in [-0.25, -0.2) is 4.39 Å². The van der Waals surface area contributed by atoms with Gasteiger partial charge in [0, 0.05) is 6.42 Å². The third kappa shape index (κ3) is 2.99. The van der Waals surface area contributed by atoms with Crippen LogP contribution in [0.2, 0.25) is 0 Å². The largest absolute Gasteiger partial charge is 0.493 e. The van der Waals surface area contributed by atoms with Gasteiger partial charge in [0.1, 0.15) is 5.82 Å². The maximum absolute atomic E-state index is 13.1. The van der Waals surface area contributed by atoms with Crippen molar-refractivity contribution in [1.82, 2.24) is 5.43 Å². The third-order valence-electron chi connectivity index (χ3n) is 4.02. The molecular weight excluding hydrogens is 311 g/mol. The first-order chi connectivity index (χ1) is 11.7. The number of halogens is 1. The lowest BCUT2D eigenvalue weighted by molar-refractivity contribution is 0.323. The summed E-state index contributed by atoms with van der Waals surface area (Å²) < 4.78 is 29.2. The van der Waals surface area contributed by atoms with Crippen LogP contribution in [-0.4, -0.2) is 27.0 Å². The zero-order valence-electron chi connectivity index (χ0n) is 13.8. The van der Waals surface area contributed by atoms with Crippen LogP contribution in [0.4, 0.5) is 4.39 Å². The third-order valence-corrected chi connectivity index (χ3v) is 4.02. The first-order valence-corrected chi connectivity index (χ1v) is 7.54. The van der Waals surface area contributed by atoms with E-state index in [1.54, 1.807) is 33.5 Å². The average molecular weight is 330 g/mol. The molecule has 0 fully saturated rings. The normalized spacial score (nSPS) is 16.3. The summed E-state index contributed by atoms with van der Waals surface area (Å²) in [6, 6.07) is 10.1. The Morgan fingerprint density at radius 2 is 1.62 bits per heavy atom. The number of nitrogens with zero attached hydrogens (tertiary/aromatic N) is 1. The van der Waals surface area contributed by atoms with E-state index < -0.39 is 0 Å². The second-order valence-electron chi connectivity index (χ2n) is 5.41. The Kier molecular flexibility index (Phi) is 4.55. The Morgan fingerprint density at radius 1 is 1.00 bits per heavy atom. The number of rotatable bonds is 5. The van der Waals surface area contributed by atoms with E-state index in [1.165, 1.54) is 12.1 Å². The van der Waals surface area contributed by atoms with Gasteiger partial charge < -0.3 is 19.6 Å². The quantitative estimate of drug-likeness (QED) is 0.914. The van der Waals surface area contributed by atoms with E-state index >= 15 is 0 Å². The zero-order chi connectivity index (χ0) is 17.1. The molecule has 1 aliphatic rings. The van der Waals surface area contributed by atoms with Crippen molar-refractivity contribution in [2.24, 2.45) is 5.10 Å². The highest BCUT2D eigenvalue weighted by molar-refractivity contribution is 6.01. The Labute approximate surface area is 140 Å². The first-order valence-electron chi connectivity index (χ1n) is 7.54. The highest BCUT2D eigenvalue weighted by Crippen LogP contribution is 2.40. The van der Waals surface area contributed by atoms with Gasteiger partial charge in [0.2, 0.25) is 5.75 Å². The molecule has 0 aromatic heterocycles. The molecule has 1 aliphatic heterocycles. The van der Waals surface area contributed by atoms with E-state index in [2.05, 4.69) is 10.5 Å². The molecule has 2 aromatic carbocycles. The molecule has 0 saturated carbocycles. The topological polar surface area (TPSA) is 52.1 Å². The van der Waals surface area contributed by atoms with Crippen molar-refractivity contribution in [1.29, 1.82) is 0 Å². The van der Waals surface area contributed by atoms with Gasteiger partial charge >= 0.3 is 0 Å². The van der Waals surface area contributed by atoms with Crippen LogP contribution in [-0.2, 0) is 0 Å². The summed E-state index contributed by atoms with van der Waals surface area (Å²) in [4.78, 5) is 0. The summed E-state index contributed by atoms with van der Waals surface area (Å²) in [6.07, 6.45) is 0.685. The molecule has 3 rings (SSSR count). The molecule has 6 heteroatoms. The van der Waals surface area contributed by atoms with Crippen molar-refractivity contribution < 1.29 is 18.6 Å². The lowest BCUT2D eigenvalue weighted by Crippen LogP contribution is -2.11. The molecule has 0 bridgehead atoms. The summed E-state index contributed by atoms with van der Waals surface area (Å²) in [5, 5.41) is 4.38. The molecule has 1 heterocycles. The molecule has 0 aliphatic carbocycles. The van der Waals surface area contributed by atoms with Crippen LogP contribution in [0.25, 0.3) is 0 Å².